The van der Waals surface area contributed by atoms with Crippen molar-refractivity contribution in [2.24, 2.45) is 5.10 Å². The minimum absolute atomic E-state index is 0.0427. The van der Waals surface area contributed by atoms with Crippen LogP contribution in [0.15, 0.2) is 38.3 Å². The van der Waals surface area contributed by atoms with Crippen LogP contribution in [0.5, 0.6) is 17.2 Å². The van der Waals surface area contributed by atoms with Crippen LogP contribution in [-0.2, 0) is 4.79 Å². The average molecular weight is 472 g/mol. The molecule has 2 aromatic carbocycles. The van der Waals surface area contributed by atoms with Crippen molar-refractivity contribution in [1.29, 1.82) is 0 Å². The molecule has 0 aliphatic heterocycles. The summed E-state index contributed by atoms with van der Waals surface area (Å²) in [6.45, 7) is 3.43. The SMILES string of the molecule is Cc1cc(Br)c(OCC(=O)N/N=C\c2c(C)cc(O)cc2O)c(Br)c1. The zero-order valence-corrected chi connectivity index (χ0v) is 16.7. The standard InChI is InChI=1S/C17H16Br2N2O4/c1-9-3-13(18)17(14(19)4-9)25-8-16(24)21-20-7-12-10(2)5-11(22)6-15(12)23/h3-7,22-23H,8H2,1-2H3,(H,21,24)/b20-7-. The van der Waals surface area contributed by atoms with Gasteiger partial charge in [0, 0.05) is 11.6 Å². The number of aromatic hydroxyl groups is 2. The topological polar surface area (TPSA) is 91.2 Å². The van der Waals surface area contributed by atoms with Crippen molar-refractivity contribution in [2.45, 2.75) is 13.8 Å². The van der Waals surface area contributed by atoms with Crippen LogP contribution in [0, 0.1) is 13.8 Å². The molecule has 8 heteroatoms. The lowest BCUT2D eigenvalue weighted by Crippen LogP contribution is -2.24. The molecule has 0 radical (unpaired) electrons. The maximum atomic E-state index is 11.8. The first-order valence-corrected chi connectivity index (χ1v) is 8.79. The molecule has 0 aliphatic rings. The molecule has 6 nitrogen and oxygen atoms in total. The molecule has 1 amide bonds. The Labute approximate surface area is 161 Å². The molecule has 0 aromatic heterocycles. The number of hydrazone groups is 1. The number of rotatable bonds is 5. The van der Waals surface area contributed by atoms with Crippen molar-refractivity contribution < 1.29 is 19.7 Å². The Balaban J connectivity index is 1.96. The van der Waals surface area contributed by atoms with Gasteiger partial charge in [-0.1, -0.05) is 0 Å². The first-order valence-electron chi connectivity index (χ1n) is 7.21. The summed E-state index contributed by atoms with van der Waals surface area (Å²) in [7, 11) is 0. The lowest BCUT2D eigenvalue weighted by Gasteiger charge is -2.10. The van der Waals surface area contributed by atoms with E-state index in [4.69, 9.17) is 4.74 Å². The Morgan fingerprint density at radius 3 is 2.44 bits per heavy atom. The maximum absolute atomic E-state index is 11.8. The van der Waals surface area contributed by atoms with Crippen LogP contribution >= 0.6 is 31.9 Å². The first-order chi connectivity index (χ1) is 11.8. The molecule has 0 saturated carbocycles. The van der Waals surface area contributed by atoms with E-state index < -0.39 is 5.91 Å². The Hall–Kier alpha value is -2.06. The van der Waals surface area contributed by atoms with E-state index in [1.165, 1.54) is 18.3 Å². The van der Waals surface area contributed by atoms with Crippen molar-refractivity contribution >= 4 is 44.0 Å². The molecule has 0 fully saturated rings. The minimum atomic E-state index is -0.452. The first kappa shape index (κ1) is 19.3. The fraction of sp³-hybridized carbons (Fsp3) is 0.176. The van der Waals surface area contributed by atoms with Crippen molar-refractivity contribution in [2.75, 3.05) is 6.61 Å². The third kappa shape index (κ3) is 5.20. The Morgan fingerprint density at radius 1 is 1.20 bits per heavy atom. The van der Waals surface area contributed by atoms with Gasteiger partial charge in [0.05, 0.1) is 15.2 Å². The van der Waals surface area contributed by atoms with Gasteiger partial charge in [-0.15, -0.1) is 0 Å². The normalized spacial score (nSPS) is 10.9. The number of benzene rings is 2. The molecule has 3 N–H and O–H groups in total. The van der Waals surface area contributed by atoms with E-state index in [1.54, 1.807) is 6.92 Å². The molecular formula is C17H16Br2N2O4. The predicted molar refractivity (Wildman–Crippen MR) is 102 cm³/mol. The summed E-state index contributed by atoms with van der Waals surface area (Å²) in [6, 6.07) is 6.45. The number of ether oxygens (including phenoxy) is 1. The van der Waals surface area contributed by atoms with Crippen molar-refractivity contribution in [1.82, 2.24) is 5.43 Å². The Kier molecular flexibility index (Phi) is 6.44. The van der Waals surface area contributed by atoms with Crippen LogP contribution in [0.3, 0.4) is 0 Å². The molecule has 25 heavy (non-hydrogen) atoms. The van der Waals surface area contributed by atoms with Gasteiger partial charge >= 0.3 is 0 Å². The number of aryl methyl sites for hydroxylation is 2. The highest BCUT2D eigenvalue weighted by atomic mass is 79.9. The van der Waals surface area contributed by atoms with Crippen LogP contribution in [0.2, 0.25) is 0 Å². The molecule has 0 heterocycles. The van der Waals surface area contributed by atoms with Gasteiger partial charge in [-0.2, -0.15) is 5.10 Å². The van der Waals surface area contributed by atoms with Gasteiger partial charge in [0.15, 0.2) is 6.61 Å². The summed E-state index contributed by atoms with van der Waals surface area (Å²) in [6.07, 6.45) is 1.31. The van der Waals surface area contributed by atoms with E-state index in [1.807, 2.05) is 19.1 Å². The number of carbonyl (C=O) groups is 1. The van der Waals surface area contributed by atoms with Gasteiger partial charge in [-0.3, -0.25) is 4.79 Å². The lowest BCUT2D eigenvalue weighted by molar-refractivity contribution is -0.123. The van der Waals surface area contributed by atoms with E-state index in [0.717, 1.165) is 14.5 Å². The third-order valence-electron chi connectivity index (χ3n) is 3.22. The van der Waals surface area contributed by atoms with Crippen LogP contribution in [0.4, 0.5) is 0 Å². The number of nitrogens with zero attached hydrogens (tertiary/aromatic N) is 1. The number of halogens is 2. The van der Waals surface area contributed by atoms with Crippen LogP contribution in [-0.4, -0.2) is 28.9 Å². The molecule has 2 rings (SSSR count). The van der Waals surface area contributed by atoms with E-state index >= 15 is 0 Å². The number of phenolic OH excluding ortho intramolecular Hbond substituents is 2. The summed E-state index contributed by atoms with van der Waals surface area (Å²) in [4.78, 5) is 11.8. The Morgan fingerprint density at radius 2 is 1.84 bits per heavy atom. The van der Waals surface area contributed by atoms with Crippen LogP contribution in [0.25, 0.3) is 0 Å². The summed E-state index contributed by atoms with van der Waals surface area (Å²) in [5, 5.41) is 22.9. The highest BCUT2D eigenvalue weighted by molar-refractivity contribution is 9.11. The van der Waals surface area contributed by atoms with E-state index in [9.17, 15) is 15.0 Å². The van der Waals surface area contributed by atoms with Gasteiger partial charge in [0.2, 0.25) is 0 Å². The molecule has 132 valence electrons. The van der Waals surface area contributed by atoms with Crippen LogP contribution in [0.1, 0.15) is 16.7 Å². The zero-order valence-electron chi connectivity index (χ0n) is 13.5. The molecule has 0 bridgehead atoms. The van der Waals surface area contributed by atoms with Gasteiger partial charge in [0.25, 0.3) is 5.91 Å². The van der Waals surface area contributed by atoms with Crippen LogP contribution < -0.4 is 10.2 Å². The molecule has 0 saturated heterocycles. The molecule has 0 spiro atoms. The fourth-order valence-corrected chi connectivity index (χ4v) is 3.74. The number of hydrogen-bond donors (Lipinski definition) is 3. The lowest BCUT2D eigenvalue weighted by atomic mass is 10.1. The average Bonchev–Trinajstić information content (AvgIpc) is 2.48. The number of carbonyl (C=O) groups excluding carboxylic acids is 1. The predicted octanol–water partition coefficient (Wildman–Crippen LogP) is 3.77. The third-order valence-corrected chi connectivity index (χ3v) is 4.40. The molecule has 0 atom stereocenters. The summed E-state index contributed by atoms with van der Waals surface area (Å²) in [5.41, 5.74) is 4.40. The summed E-state index contributed by atoms with van der Waals surface area (Å²) in [5.74, 6) is -0.0959. The minimum Gasteiger partial charge on any atom is -0.508 e. The highest BCUT2D eigenvalue weighted by Gasteiger charge is 2.10. The quantitative estimate of drug-likeness (QED) is 0.457. The van der Waals surface area contributed by atoms with Crippen molar-refractivity contribution in [3.8, 4) is 17.2 Å². The molecule has 0 aliphatic carbocycles. The zero-order chi connectivity index (χ0) is 18.6. The second kappa shape index (κ2) is 8.35. The number of amides is 1. The summed E-state index contributed by atoms with van der Waals surface area (Å²) < 4.78 is 6.96. The fourth-order valence-electron chi connectivity index (χ4n) is 2.09. The summed E-state index contributed by atoms with van der Waals surface area (Å²) >= 11 is 6.78. The van der Waals surface area contributed by atoms with Gasteiger partial charge in [-0.05, 0) is 75.0 Å². The number of nitrogens with one attached hydrogen (secondary N) is 1. The van der Waals surface area contributed by atoms with Crippen molar-refractivity contribution in [3.05, 3.63) is 49.9 Å². The van der Waals surface area contributed by atoms with Gasteiger partial charge in [-0.25, -0.2) is 5.43 Å². The van der Waals surface area contributed by atoms with E-state index in [-0.39, 0.29) is 18.1 Å². The number of hydrogen-bond acceptors (Lipinski definition) is 5. The molecular weight excluding hydrogens is 456 g/mol. The second-order valence-corrected chi connectivity index (χ2v) is 7.04. The smallest absolute Gasteiger partial charge is 0.277 e. The van der Waals surface area contributed by atoms with E-state index in [2.05, 4.69) is 42.4 Å². The maximum Gasteiger partial charge on any atom is 0.277 e. The number of phenols is 2. The second-order valence-electron chi connectivity index (χ2n) is 5.34. The van der Waals surface area contributed by atoms with Gasteiger partial charge < -0.3 is 14.9 Å². The Bertz CT molecular complexity index is 791. The van der Waals surface area contributed by atoms with Crippen molar-refractivity contribution in [3.63, 3.8) is 0 Å². The van der Waals surface area contributed by atoms with E-state index in [0.29, 0.717) is 16.9 Å². The monoisotopic (exact) mass is 470 g/mol. The van der Waals surface area contributed by atoms with Gasteiger partial charge in [0.1, 0.15) is 17.2 Å². The molecule has 2 aromatic rings. The molecule has 0 unspecified atom stereocenters. The highest BCUT2D eigenvalue weighted by Crippen LogP contribution is 2.34. The largest absolute Gasteiger partial charge is 0.508 e.